The van der Waals surface area contributed by atoms with Gasteiger partial charge in [-0.05, 0) is 44.2 Å². The van der Waals surface area contributed by atoms with Gasteiger partial charge in [-0.1, -0.05) is 11.2 Å². The quantitative estimate of drug-likeness (QED) is 0.764. The lowest BCUT2D eigenvalue weighted by Gasteiger charge is -2.40. The van der Waals surface area contributed by atoms with Gasteiger partial charge in [-0.3, -0.25) is 0 Å². The van der Waals surface area contributed by atoms with Crippen LogP contribution in [0.3, 0.4) is 0 Å². The highest BCUT2D eigenvalue weighted by molar-refractivity contribution is 5.89. The minimum atomic E-state index is -0.351. The Labute approximate surface area is 170 Å². The van der Waals surface area contributed by atoms with Gasteiger partial charge in [-0.25, -0.2) is 4.79 Å². The van der Waals surface area contributed by atoms with Crippen LogP contribution in [0.1, 0.15) is 49.7 Å². The molecule has 2 heterocycles. The van der Waals surface area contributed by atoms with Crippen molar-refractivity contribution in [3.8, 4) is 5.75 Å². The van der Waals surface area contributed by atoms with Crippen molar-refractivity contribution in [3.63, 3.8) is 0 Å². The topological polar surface area (TPSA) is 89.7 Å². The van der Waals surface area contributed by atoms with E-state index in [1.165, 1.54) is 0 Å². The van der Waals surface area contributed by atoms with E-state index in [1.807, 2.05) is 23.1 Å². The highest BCUT2D eigenvalue weighted by Gasteiger charge is 2.43. The molecule has 0 spiro atoms. The van der Waals surface area contributed by atoms with Crippen LogP contribution in [0.15, 0.2) is 28.8 Å². The summed E-state index contributed by atoms with van der Waals surface area (Å²) in [4.78, 5) is 19.5. The number of piperidine rings is 1. The van der Waals surface area contributed by atoms with E-state index >= 15 is 0 Å². The van der Waals surface area contributed by atoms with E-state index < -0.39 is 0 Å². The van der Waals surface area contributed by atoms with Crippen molar-refractivity contribution in [1.29, 1.82) is 0 Å². The van der Waals surface area contributed by atoms with Crippen LogP contribution in [0.25, 0.3) is 0 Å². The van der Waals surface area contributed by atoms with E-state index in [0.29, 0.717) is 42.9 Å². The van der Waals surface area contributed by atoms with E-state index in [4.69, 9.17) is 19.0 Å². The van der Waals surface area contributed by atoms with Crippen LogP contribution in [0.4, 0.5) is 10.5 Å². The number of aromatic nitrogens is 2. The van der Waals surface area contributed by atoms with Crippen LogP contribution < -0.4 is 10.1 Å². The van der Waals surface area contributed by atoms with E-state index in [1.54, 1.807) is 20.3 Å². The van der Waals surface area contributed by atoms with Crippen LogP contribution in [-0.4, -0.2) is 55.0 Å². The zero-order valence-corrected chi connectivity index (χ0v) is 17.0. The van der Waals surface area contributed by atoms with Crippen LogP contribution in [0.2, 0.25) is 0 Å². The number of anilines is 1. The van der Waals surface area contributed by atoms with Crippen molar-refractivity contribution in [3.05, 3.63) is 36.0 Å². The molecule has 1 aliphatic carbocycles. The maximum absolute atomic E-state index is 13.0. The molecule has 1 aromatic carbocycles. The summed E-state index contributed by atoms with van der Waals surface area (Å²) in [6.07, 6.45) is 4.76. The second kappa shape index (κ2) is 8.41. The van der Waals surface area contributed by atoms with Gasteiger partial charge >= 0.3 is 6.03 Å². The van der Waals surface area contributed by atoms with Gasteiger partial charge in [0.25, 0.3) is 0 Å². The molecule has 1 unspecified atom stereocenters. The fourth-order valence-electron chi connectivity index (χ4n) is 3.95. The van der Waals surface area contributed by atoms with Gasteiger partial charge in [0.2, 0.25) is 5.89 Å². The molecule has 4 rings (SSSR count). The summed E-state index contributed by atoms with van der Waals surface area (Å²) in [6.45, 7) is 1.81. The van der Waals surface area contributed by atoms with Crippen LogP contribution in [-0.2, 0) is 10.2 Å². The largest absolute Gasteiger partial charge is 0.497 e. The third-order valence-corrected chi connectivity index (χ3v) is 5.81. The molecule has 0 bridgehead atoms. The first-order valence-electron chi connectivity index (χ1n) is 10.2. The highest BCUT2D eigenvalue weighted by atomic mass is 16.5. The minimum Gasteiger partial charge on any atom is -0.497 e. The smallest absolute Gasteiger partial charge is 0.321 e. The number of ether oxygens (including phenoxy) is 2. The Morgan fingerprint density at radius 2 is 2.24 bits per heavy atom. The van der Waals surface area contributed by atoms with Crippen LogP contribution in [0, 0.1) is 0 Å². The number of likely N-dealkylation sites (tertiary alicyclic amines) is 1. The average molecular weight is 400 g/mol. The fraction of sp³-hybridized carbons (Fsp3) is 0.571. The molecule has 1 atom stereocenters. The number of nitrogens with one attached hydrogen (secondary N) is 1. The SMILES string of the molecule is COCCC1(c2noc(C3CC3)n2)CCCN(C(=O)Nc2cccc(OC)c2)C1. The Balaban J connectivity index is 1.51. The first kappa shape index (κ1) is 19.7. The summed E-state index contributed by atoms with van der Waals surface area (Å²) in [6, 6.07) is 7.22. The zero-order chi connectivity index (χ0) is 20.3. The molecule has 8 nitrogen and oxygen atoms in total. The summed E-state index contributed by atoms with van der Waals surface area (Å²) in [5.74, 6) is 2.55. The minimum absolute atomic E-state index is 0.134. The van der Waals surface area contributed by atoms with E-state index in [0.717, 1.165) is 38.0 Å². The third-order valence-electron chi connectivity index (χ3n) is 5.81. The molecule has 1 saturated carbocycles. The molecule has 0 radical (unpaired) electrons. The zero-order valence-electron chi connectivity index (χ0n) is 17.0. The molecule has 2 amide bonds. The summed E-state index contributed by atoms with van der Waals surface area (Å²) >= 11 is 0. The number of hydrogen-bond acceptors (Lipinski definition) is 6. The molecule has 1 aromatic heterocycles. The Hall–Kier alpha value is -2.61. The van der Waals surface area contributed by atoms with Gasteiger partial charge < -0.3 is 24.2 Å². The lowest BCUT2D eigenvalue weighted by Crippen LogP contribution is -2.50. The molecular formula is C21H28N4O4. The predicted octanol–water partition coefficient (Wildman–Crippen LogP) is 3.56. The summed E-state index contributed by atoms with van der Waals surface area (Å²) < 4.78 is 16.1. The van der Waals surface area contributed by atoms with Gasteiger partial charge in [0.1, 0.15) is 5.75 Å². The number of amides is 2. The second-order valence-corrected chi connectivity index (χ2v) is 7.94. The van der Waals surface area contributed by atoms with Crippen LogP contribution >= 0.6 is 0 Å². The first-order chi connectivity index (χ1) is 14.1. The van der Waals surface area contributed by atoms with E-state index in [9.17, 15) is 4.79 Å². The van der Waals surface area contributed by atoms with Gasteiger partial charge in [0.05, 0.1) is 12.5 Å². The molecule has 8 heteroatoms. The van der Waals surface area contributed by atoms with Crippen molar-refractivity contribution in [1.82, 2.24) is 15.0 Å². The van der Waals surface area contributed by atoms with Gasteiger partial charge in [0, 0.05) is 44.5 Å². The third kappa shape index (κ3) is 4.37. The normalized spacial score (nSPS) is 21.8. The molecule has 1 N–H and O–H groups in total. The lowest BCUT2D eigenvalue weighted by atomic mass is 9.76. The number of nitrogens with zero attached hydrogens (tertiary/aromatic N) is 3. The van der Waals surface area contributed by atoms with Crippen molar-refractivity contribution >= 4 is 11.7 Å². The number of carbonyl (C=O) groups excluding carboxylic acids is 1. The highest BCUT2D eigenvalue weighted by Crippen LogP contribution is 2.41. The number of hydrogen-bond donors (Lipinski definition) is 1. The number of carbonyl (C=O) groups is 1. The molecule has 2 aliphatic rings. The standard InChI is InChI=1S/C21H28N4O4/c1-27-12-10-21(19-23-18(29-24-19)15-7-8-15)9-4-11-25(14-21)20(26)22-16-5-3-6-17(13-16)28-2/h3,5-6,13,15H,4,7-12,14H2,1-2H3,(H,22,26). The first-order valence-corrected chi connectivity index (χ1v) is 10.2. The predicted molar refractivity (Wildman–Crippen MR) is 107 cm³/mol. The Morgan fingerprint density at radius 3 is 3.00 bits per heavy atom. The lowest BCUT2D eigenvalue weighted by molar-refractivity contribution is 0.111. The van der Waals surface area contributed by atoms with Crippen molar-refractivity contribution < 1.29 is 18.8 Å². The number of rotatable bonds is 7. The number of urea groups is 1. The number of methoxy groups -OCH3 is 2. The monoisotopic (exact) mass is 400 g/mol. The molecule has 2 aromatic rings. The average Bonchev–Trinajstić information content (AvgIpc) is 3.48. The van der Waals surface area contributed by atoms with Gasteiger partial charge in [-0.2, -0.15) is 4.98 Å². The van der Waals surface area contributed by atoms with E-state index in [2.05, 4.69) is 10.5 Å². The molecular weight excluding hydrogens is 372 g/mol. The van der Waals surface area contributed by atoms with Crippen molar-refractivity contribution in [2.45, 2.75) is 43.4 Å². The summed E-state index contributed by atoms with van der Waals surface area (Å²) in [5.41, 5.74) is 0.356. The Kier molecular flexibility index (Phi) is 5.71. The summed E-state index contributed by atoms with van der Waals surface area (Å²) in [7, 11) is 3.30. The second-order valence-electron chi connectivity index (χ2n) is 7.94. The van der Waals surface area contributed by atoms with Crippen molar-refractivity contribution in [2.75, 3.05) is 39.2 Å². The number of benzene rings is 1. The molecule has 1 saturated heterocycles. The van der Waals surface area contributed by atoms with Gasteiger partial charge in [0.15, 0.2) is 5.82 Å². The Morgan fingerprint density at radius 1 is 1.38 bits per heavy atom. The summed E-state index contributed by atoms with van der Waals surface area (Å²) in [5, 5.41) is 7.29. The van der Waals surface area contributed by atoms with E-state index in [-0.39, 0.29) is 11.4 Å². The molecule has 2 fully saturated rings. The molecule has 29 heavy (non-hydrogen) atoms. The van der Waals surface area contributed by atoms with Crippen molar-refractivity contribution in [2.24, 2.45) is 0 Å². The fourth-order valence-corrected chi connectivity index (χ4v) is 3.95. The molecule has 156 valence electrons. The maximum atomic E-state index is 13.0. The Bertz CT molecular complexity index is 851. The maximum Gasteiger partial charge on any atom is 0.321 e. The van der Waals surface area contributed by atoms with Crippen LogP contribution in [0.5, 0.6) is 5.75 Å². The van der Waals surface area contributed by atoms with Gasteiger partial charge in [-0.15, -0.1) is 0 Å². The molecule has 1 aliphatic heterocycles.